The first-order valence-electron chi connectivity index (χ1n) is 5.65. The van der Waals surface area contributed by atoms with E-state index < -0.39 is 11.6 Å². The molecular weight excluding hydrogens is 248 g/mol. The molecule has 3 aromatic rings. The Kier molecular flexibility index (Phi) is 2.79. The van der Waals surface area contributed by atoms with Crippen LogP contribution in [-0.2, 0) is 0 Å². The van der Waals surface area contributed by atoms with Crippen LogP contribution in [0.3, 0.4) is 0 Å². The molecule has 0 aliphatic carbocycles. The fourth-order valence-corrected chi connectivity index (χ4v) is 1.83. The number of nitrogens with zero attached hydrogens (tertiary/aromatic N) is 2. The van der Waals surface area contributed by atoms with Gasteiger partial charge in [-0.25, -0.2) is 8.78 Å². The number of H-pyrrole nitrogens is 1. The first-order chi connectivity index (χ1) is 9.24. The van der Waals surface area contributed by atoms with Gasteiger partial charge in [0.15, 0.2) is 0 Å². The van der Waals surface area contributed by atoms with Crippen molar-refractivity contribution >= 4 is 0 Å². The van der Waals surface area contributed by atoms with Crippen LogP contribution in [0.25, 0.3) is 22.5 Å². The molecule has 0 aliphatic heterocycles. The third kappa shape index (κ3) is 2.22. The topological polar surface area (TPSA) is 41.6 Å². The molecule has 0 bridgehead atoms. The maximum absolute atomic E-state index is 13.6. The van der Waals surface area contributed by atoms with Gasteiger partial charge in [-0.1, -0.05) is 0 Å². The van der Waals surface area contributed by atoms with Crippen molar-refractivity contribution in [1.29, 1.82) is 0 Å². The molecule has 0 aliphatic rings. The lowest BCUT2D eigenvalue weighted by molar-refractivity contribution is 0.585. The quantitative estimate of drug-likeness (QED) is 0.764. The van der Waals surface area contributed by atoms with Crippen LogP contribution in [0.1, 0.15) is 0 Å². The van der Waals surface area contributed by atoms with E-state index in [1.807, 2.05) is 6.07 Å². The van der Waals surface area contributed by atoms with E-state index in [1.54, 1.807) is 24.5 Å². The van der Waals surface area contributed by atoms with Gasteiger partial charge in [-0.3, -0.25) is 10.1 Å². The van der Waals surface area contributed by atoms with Crippen molar-refractivity contribution in [3.8, 4) is 22.5 Å². The zero-order valence-corrected chi connectivity index (χ0v) is 9.77. The Morgan fingerprint density at radius 2 is 1.95 bits per heavy atom. The second-order valence-electron chi connectivity index (χ2n) is 4.03. The lowest BCUT2D eigenvalue weighted by Crippen LogP contribution is -1.86. The Morgan fingerprint density at radius 1 is 1.05 bits per heavy atom. The van der Waals surface area contributed by atoms with E-state index in [2.05, 4.69) is 15.2 Å². The first kappa shape index (κ1) is 11.5. The van der Waals surface area contributed by atoms with Gasteiger partial charge in [0.2, 0.25) is 0 Å². The fraction of sp³-hybridized carbons (Fsp3) is 0. The minimum atomic E-state index is -0.624. The van der Waals surface area contributed by atoms with Crippen LogP contribution in [0.2, 0.25) is 0 Å². The van der Waals surface area contributed by atoms with Gasteiger partial charge in [0.1, 0.15) is 11.6 Å². The molecule has 5 heteroatoms. The van der Waals surface area contributed by atoms with Crippen molar-refractivity contribution in [2.75, 3.05) is 0 Å². The van der Waals surface area contributed by atoms with Gasteiger partial charge >= 0.3 is 0 Å². The summed E-state index contributed by atoms with van der Waals surface area (Å²) in [7, 11) is 0. The number of benzene rings is 1. The summed E-state index contributed by atoms with van der Waals surface area (Å²) in [6.07, 6.45) is 3.33. The summed E-state index contributed by atoms with van der Waals surface area (Å²) < 4.78 is 26.5. The van der Waals surface area contributed by atoms with Gasteiger partial charge in [0.25, 0.3) is 0 Å². The Bertz CT molecular complexity index is 708. The summed E-state index contributed by atoms with van der Waals surface area (Å²) in [5.74, 6) is -1.23. The first-order valence-corrected chi connectivity index (χ1v) is 5.65. The summed E-state index contributed by atoms with van der Waals surface area (Å²) in [6.45, 7) is 0. The minimum absolute atomic E-state index is 0.282. The van der Waals surface area contributed by atoms with E-state index in [0.29, 0.717) is 11.4 Å². The molecule has 19 heavy (non-hydrogen) atoms. The van der Waals surface area contributed by atoms with Crippen LogP contribution in [0.5, 0.6) is 0 Å². The van der Waals surface area contributed by atoms with Gasteiger partial charge in [0, 0.05) is 29.6 Å². The largest absolute Gasteiger partial charge is 0.277 e. The van der Waals surface area contributed by atoms with Crippen LogP contribution in [0, 0.1) is 11.6 Å². The molecule has 1 N–H and O–H groups in total. The number of pyridine rings is 1. The number of hydrogen-bond donors (Lipinski definition) is 1. The molecule has 0 saturated carbocycles. The molecule has 0 unspecified atom stereocenters. The van der Waals surface area contributed by atoms with Crippen molar-refractivity contribution in [2.24, 2.45) is 0 Å². The lowest BCUT2D eigenvalue weighted by atomic mass is 10.1. The fourth-order valence-electron chi connectivity index (χ4n) is 1.83. The molecule has 94 valence electrons. The predicted octanol–water partition coefficient (Wildman–Crippen LogP) is 3.42. The normalized spacial score (nSPS) is 10.6. The third-order valence-electron chi connectivity index (χ3n) is 2.76. The van der Waals surface area contributed by atoms with Gasteiger partial charge < -0.3 is 0 Å². The summed E-state index contributed by atoms with van der Waals surface area (Å²) in [4.78, 5) is 3.99. The molecule has 0 fully saturated rings. The third-order valence-corrected chi connectivity index (χ3v) is 2.76. The molecule has 0 atom stereocenters. The smallest absolute Gasteiger partial charge is 0.135 e. The molecule has 2 aromatic heterocycles. The van der Waals surface area contributed by atoms with E-state index in [0.717, 1.165) is 11.6 Å². The summed E-state index contributed by atoms with van der Waals surface area (Å²) in [5.41, 5.74) is 2.26. The van der Waals surface area contributed by atoms with Crippen LogP contribution in [-0.4, -0.2) is 15.2 Å². The Morgan fingerprint density at radius 3 is 2.68 bits per heavy atom. The number of halogens is 2. The summed E-state index contributed by atoms with van der Waals surface area (Å²) in [6, 6.07) is 8.79. The zero-order chi connectivity index (χ0) is 13.2. The number of nitrogens with one attached hydrogen (secondary N) is 1. The lowest BCUT2D eigenvalue weighted by Gasteiger charge is -1.99. The van der Waals surface area contributed by atoms with E-state index in [9.17, 15) is 8.78 Å². The zero-order valence-electron chi connectivity index (χ0n) is 9.77. The van der Waals surface area contributed by atoms with Crippen LogP contribution >= 0.6 is 0 Å². The number of hydrogen-bond acceptors (Lipinski definition) is 2. The highest BCUT2D eigenvalue weighted by Crippen LogP contribution is 2.25. The van der Waals surface area contributed by atoms with Gasteiger partial charge in [-0.05, 0) is 30.3 Å². The van der Waals surface area contributed by atoms with E-state index >= 15 is 0 Å². The molecule has 2 heterocycles. The monoisotopic (exact) mass is 257 g/mol. The van der Waals surface area contributed by atoms with E-state index in [-0.39, 0.29) is 5.56 Å². The Hall–Kier alpha value is -2.56. The van der Waals surface area contributed by atoms with E-state index in [4.69, 9.17) is 0 Å². The van der Waals surface area contributed by atoms with Crippen LogP contribution < -0.4 is 0 Å². The van der Waals surface area contributed by atoms with Crippen LogP contribution in [0.4, 0.5) is 8.78 Å². The van der Waals surface area contributed by atoms with Crippen LogP contribution in [0.15, 0.2) is 48.8 Å². The SMILES string of the molecule is Fc1ccc(-c2cc(-c3cccnc3)n[nH]2)c(F)c1. The van der Waals surface area contributed by atoms with Crippen molar-refractivity contribution in [2.45, 2.75) is 0 Å². The van der Waals surface area contributed by atoms with E-state index in [1.165, 1.54) is 12.1 Å². The van der Waals surface area contributed by atoms with Crippen molar-refractivity contribution in [3.05, 3.63) is 60.4 Å². The summed E-state index contributed by atoms with van der Waals surface area (Å²) >= 11 is 0. The second-order valence-corrected chi connectivity index (χ2v) is 4.03. The molecule has 0 amide bonds. The Labute approximate surface area is 107 Å². The maximum atomic E-state index is 13.6. The number of aromatic nitrogens is 3. The molecule has 1 aromatic carbocycles. The van der Waals surface area contributed by atoms with Crippen molar-refractivity contribution < 1.29 is 8.78 Å². The highest BCUT2D eigenvalue weighted by molar-refractivity contribution is 5.67. The molecular formula is C14H9F2N3. The highest BCUT2D eigenvalue weighted by Gasteiger charge is 2.10. The summed E-state index contributed by atoms with van der Waals surface area (Å²) in [5, 5.41) is 6.84. The standard InChI is InChI=1S/C14H9F2N3/c15-10-3-4-11(12(16)6-10)14-7-13(18-19-14)9-2-1-5-17-8-9/h1-8H,(H,18,19). The van der Waals surface area contributed by atoms with Gasteiger partial charge in [-0.15, -0.1) is 0 Å². The highest BCUT2D eigenvalue weighted by atomic mass is 19.1. The second kappa shape index (κ2) is 4.61. The van der Waals surface area contributed by atoms with Gasteiger partial charge in [-0.2, -0.15) is 5.10 Å². The van der Waals surface area contributed by atoms with Crippen molar-refractivity contribution in [3.63, 3.8) is 0 Å². The number of rotatable bonds is 2. The molecule has 0 spiro atoms. The molecule has 0 radical (unpaired) electrons. The maximum Gasteiger partial charge on any atom is 0.135 e. The average Bonchev–Trinajstić information content (AvgIpc) is 2.89. The Balaban J connectivity index is 2.02. The average molecular weight is 257 g/mol. The predicted molar refractivity (Wildman–Crippen MR) is 67.2 cm³/mol. The molecule has 0 saturated heterocycles. The molecule has 3 rings (SSSR count). The number of aromatic amines is 1. The molecule has 3 nitrogen and oxygen atoms in total. The van der Waals surface area contributed by atoms with Crippen molar-refractivity contribution in [1.82, 2.24) is 15.2 Å². The van der Waals surface area contributed by atoms with Gasteiger partial charge in [0.05, 0.1) is 11.4 Å². The minimum Gasteiger partial charge on any atom is -0.277 e.